The van der Waals surface area contributed by atoms with Crippen LogP contribution in [-0.2, 0) is 4.79 Å². The molecule has 2 aromatic rings. The molecule has 2 amide bonds. The highest BCUT2D eigenvalue weighted by atomic mass is 16.2. The molecule has 1 fully saturated rings. The van der Waals surface area contributed by atoms with Gasteiger partial charge < -0.3 is 16.4 Å². The van der Waals surface area contributed by atoms with Crippen LogP contribution < -0.4 is 16.4 Å². The average molecular weight is 390 g/mol. The van der Waals surface area contributed by atoms with Crippen molar-refractivity contribution >= 4 is 23.3 Å². The number of nitrogens with two attached hydrogens (primary N) is 1. The van der Waals surface area contributed by atoms with Gasteiger partial charge in [0.15, 0.2) is 0 Å². The van der Waals surface area contributed by atoms with Crippen LogP contribution in [0.4, 0.5) is 5.69 Å². The second-order valence-electron chi connectivity index (χ2n) is 7.44. The molecule has 2 atom stereocenters. The van der Waals surface area contributed by atoms with E-state index in [1.54, 1.807) is 19.1 Å². The number of para-hydroxylation sites is 1. The van der Waals surface area contributed by atoms with Crippen LogP contribution in [0.15, 0.2) is 64.8 Å². The van der Waals surface area contributed by atoms with Gasteiger partial charge in [-0.15, -0.1) is 0 Å². The summed E-state index contributed by atoms with van der Waals surface area (Å²) in [6.07, 6.45) is 0. The van der Waals surface area contributed by atoms with Crippen molar-refractivity contribution in [1.82, 2.24) is 10.6 Å². The van der Waals surface area contributed by atoms with Crippen LogP contribution in [0.5, 0.6) is 0 Å². The minimum atomic E-state index is -0.743. The molecule has 0 spiro atoms. The van der Waals surface area contributed by atoms with Gasteiger partial charge >= 0.3 is 0 Å². The number of hydrogen-bond donors (Lipinski definition) is 3. The lowest BCUT2D eigenvalue weighted by atomic mass is 9.86. The third kappa shape index (κ3) is 4.37. The van der Waals surface area contributed by atoms with Crippen LogP contribution in [0.25, 0.3) is 0 Å². The number of nitrogens with one attached hydrogen (secondary N) is 2. The Labute approximate surface area is 170 Å². The molecule has 0 aromatic heterocycles. The Morgan fingerprint density at radius 2 is 1.86 bits per heavy atom. The molecule has 3 rings (SSSR count). The Morgan fingerprint density at radius 3 is 2.52 bits per heavy atom. The maximum Gasteiger partial charge on any atom is 0.251 e. The van der Waals surface area contributed by atoms with Crippen LogP contribution >= 0.6 is 0 Å². The van der Waals surface area contributed by atoms with Crippen LogP contribution in [0.3, 0.4) is 0 Å². The molecule has 1 heterocycles. The van der Waals surface area contributed by atoms with Gasteiger partial charge in [0.05, 0.1) is 5.69 Å². The molecule has 150 valence electrons. The molecule has 1 unspecified atom stereocenters. The molecule has 6 heteroatoms. The number of carbonyl (C=O) groups excluding carboxylic acids is 2. The third-order valence-electron chi connectivity index (χ3n) is 5.07. The highest BCUT2D eigenvalue weighted by Gasteiger charge is 2.38. The fourth-order valence-electron chi connectivity index (χ4n) is 3.52. The Morgan fingerprint density at radius 1 is 1.14 bits per heavy atom. The highest BCUT2D eigenvalue weighted by molar-refractivity contribution is 6.14. The molecule has 0 bridgehead atoms. The first-order valence-electron chi connectivity index (χ1n) is 9.57. The van der Waals surface area contributed by atoms with E-state index in [0.29, 0.717) is 17.1 Å². The van der Waals surface area contributed by atoms with Crippen molar-refractivity contribution in [2.45, 2.75) is 33.7 Å². The highest BCUT2D eigenvalue weighted by Crippen LogP contribution is 2.26. The zero-order chi connectivity index (χ0) is 21.1. The van der Waals surface area contributed by atoms with Crippen molar-refractivity contribution in [3.63, 3.8) is 0 Å². The molecule has 6 nitrogen and oxygen atoms in total. The molecular formula is C23H26N4O2. The number of carbonyl (C=O) groups is 2. The van der Waals surface area contributed by atoms with Crippen LogP contribution in [0.2, 0.25) is 0 Å². The van der Waals surface area contributed by atoms with Gasteiger partial charge in [0.1, 0.15) is 11.9 Å². The standard InChI is InChI=1S/C23H26N4O2/c1-13-8-7-10-17(12-13)22(28)26-20-15(3)19(16(4)24)21(27-23(20)29)25-18-11-6-5-9-14(18)2/h5-12,15,20H,24H2,1-4H3,(H,26,28)(H,25,27,29)/b19-16-/t15?,20-/m0/s1. The number of piperidine rings is 1. The lowest BCUT2D eigenvalue weighted by molar-refractivity contribution is -0.122. The first-order chi connectivity index (χ1) is 13.8. The summed E-state index contributed by atoms with van der Waals surface area (Å²) in [7, 11) is 0. The van der Waals surface area contributed by atoms with Gasteiger partial charge in [-0.3, -0.25) is 9.59 Å². The third-order valence-corrected chi connectivity index (χ3v) is 5.07. The normalized spacial score (nSPS) is 22.2. The molecule has 4 N–H and O–H groups in total. The summed E-state index contributed by atoms with van der Waals surface area (Å²) in [5.41, 5.74) is 10.7. The molecule has 0 aliphatic carbocycles. The van der Waals surface area contributed by atoms with Gasteiger partial charge in [-0.1, -0.05) is 42.8 Å². The number of amides is 2. The van der Waals surface area contributed by atoms with Gasteiger partial charge in [-0.25, -0.2) is 4.99 Å². The summed E-state index contributed by atoms with van der Waals surface area (Å²) in [6.45, 7) is 7.52. The zero-order valence-electron chi connectivity index (χ0n) is 17.1. The van der Waals surface area contributed by atoms with Gasteiger partial charge in [-0.2, -0.15) is 0 Å². The van der Waals surface area contributed by atoms with Crippen LogP contribution in [0, 0.1) is 19.8 Å². The molecule has 1 aliphatic rings. The van der Waals surface area contributed by atoms with Gasteiger partial charge in [0.2, 0.25) is 5.91 Å². The molecule has 29 heavy (non-hydrogen) atoms. The smallest absolute Gasteiger partial charge is 0.251 e. The Bertz CT molecular complexity index is 1020. The van der Waals surface area contributed by atoms with E-state index in [2.05, 4.69) is 15.6 Å². The van der Waals surface area contributed by atoms with E-state index in [9.17, 15) is 9.59 Å². The van der Waals surface area contributed by atoms with E-state index in [1.165, 1.54) is 0 Å². The lowest BCUT2D eigenvalue weighted by Crippen LogP contribution is -2.58. The molecule has 0 radical (unpaired) electrons. The first kappa shape index (κ1) is 20.3. The number of hydrogen-bond acceptors (Lipinski definition) is 4. The number of allylic oxidation sites excluding steroid dienone is 1. The monoisotopic (exact) mass is 390 g/mol. The second-order valence-corrected chi connectivity index (χ2v) is 7.44. The topological polar surface area (TPSA) is 96.6 Å². The number of aliphatic imine (C=N–C) groups is 1. The van der Waals surface area contributed by atoms with E-state index in [4.69, 9.17) is 5.73 Å². The van der Waals surface area contributed by atoms with Gasteiger partial charge in [0, 0.05) is 22.8 Å². The molecule has 0 saturated carbocycles. The maximum atomic E-state index is 12.8. The van der Waals surface area contributed by atoms with Crippen molar-refractivity contribution in [1.29, 1.82) is 0 Å². The molecule has 1 aliphatic heterocycles. The van der Waals surface area contributed by atoms with Gasteiger partial charge in [-0.05, 0) is 44.5 Å². The maximum absolute atomic E-state index is 12.8. The molecular weight excluding hydrogens is 364 g/mol. The summed E-state index contributed by atoms with van der Waals surface area (Å²) >= 11 is 0. The fraction of sp³-hybridized carbons (Fsp3) is 0.261. The largest absolute Gasteiger partial charge is 0.402 e. The number of amidine groups is 1. The van der Waals surface area contributed by atoms with Crippen LogP contribution in [-0.4, -0.2) is 23.7 Å². The minimum Gasteiger partial charge on any atom is -0.402 e. The number of benzene rings is 2. The van der Waals surface area contributed by atoms with Crippen molar-refractivity contribution < 1.29 is 9.59 Å². The SMILES string of the molecule is C/C(N)=C1/C(=Nc2ccccc2C)NC(=O)[C@@H](NC(=O)c2cccc(C)c2)C1C. The predicted octanol–water partition coefficient (Wildman–Crippen LogP) is 3.13. The number of aryl methyl sites for hydroxylation is 2. The van der Waals surface area contributed by atoms with E-state index in [-0.39, 0.29) is 17.7 Å². The van der Waals surface area contributed by atoms with E-state index in [0.717, 1.165) is 22.4 Å². The van der Waals surface area contributed by atoms with E-state index in [1.807, 2.05) is 57.2 Å². The minimum absolute atomic E-state index is 0.297. The van der Waals surface area contributed by atoms with E-state index >= 15 is 0 Å². The summed E-state index contributed by atoms with van der Waals surface area (Å²) in [5, 5.41) is 5.68. The van der Waals surface area contributed by atoms with E-state index < -0.39 is 6.04 Å². The Balaban J connectivity index is 1.91. The van der Waals surface area contributed by atoms with Crippen molar-refractivity contribution in [2.24, 2.45) is 16.6 Å². The Hall–Kier alpha value is -3.41. The van der Waals surface area contributed by atoms with Crippen molar-refractivity contribution in [3.05, 3.63) is 76.5 Å². The number of rotatable bonds is 3. The quantitative estimate of drug-likeness (QED) is 0.751. The summed E-state index contributed by atoms with van der Waals surface area (Å²) in [5.74, 6) is -0.506. The van der Waals surface area contributed by atoms with Crippen molar-refractivity contribution in [2.75, 3.05) is 0 Å². The number of nitrogens with zero attached hydrogens (tertiary/aromatic N) is 1. The van der Waals surface area contributed by atoms with Crippen LogP contribution in [0.1, 0.15) is 35.3 Å². The van der Waals surface area contributed by atoms with Gasteiger partial charge in [0.25, 0.3) is 5.91 Å². The predicted molar refractivity (Wildman–Crippen MR) is 115 cm³/mol. The first-order valence-corrected chi connectivity index (χ1v) is 9.57. The fourth-order valence-corrected chi connectivity index (χ4v) is 3.52. The average Bonchev–Trinajstić information content (AvgIpc) is 2.66. The molecule has 2 aromatic carbocycles. The summed E-state index contributed by atoms with van der Waals surface area (Å²) < 4.78 is 0. The van der Waals surface area contributed by atoms with Crippen molar-refractivity contribution in [3.8, 4) is 0 Å². The second kappa shape index (κ2) is 8.31. The zero-order valence-corrected chi connectivity index (χ0v) is 17.1. The molecule has 1 saturated heterocycles. The summed E-state index contributed by atoms with van der Waals surface area (Å²) in [4.78, 5) is 30.1. The lowest BCUT2D eigenvalue weighted by Gasteiger charge is -2.33. The summed E-state index contributed by atoms with van der Waals surface area (Å²) in [6, 6.07) is 14.2. The Kier molecular flexibility index (Phi) is 5.82.